The van der Waals surface area contributed by atoms with E-state index >= 15 is 0 Å². The van der Waals surface area contributed by atoms with E-state index in [-0.39, 0.29) is 23.1 Å². The average Bonchev–Trinajstić information content (AvgIpc) is 3.04. The minimum atomic E-state index is -3.72. The summed E-state index contributed by atoms with van der Waals surface area (Å²) in [5.74, 6) is -0.924. The summed E-state index contributed by atoms with van der Waals surface area (Å²) in [5.41, 5.74) is 8.04. The molecule has 24 heavy (non-hydrogen) atoms. The average molecular weight is 345 g/mol. The number of primary sulfonamides is 1. The molecule has 0 aliphatic carbocycles. The van der Waals surface area contributed by atoms with E-state index in [4.69, 9.17) is 15.7 Å². The van der Waals surface area contributed by atoms with Gasteiger partial charge in [0.2, 0.25) is 10.0 Å². The van der Waals surface area contributed by atoms with Crippen LogP contribution in [0.4, 0.5) is 0 Å². The van der Waals surface area contributed by atoms with Gasteiger partial charge in [0.15, 0.2) is 5.71 Å². The standard InChI is InChI=1S/C16H15N3O4S/c17-16(20)15-14(9-23-19-15)12-3-1-2-11(8-12)10-4-6-13(7-5-10)24(18,21)22/h1-8,14H,9H2,(H2,17,20)(H2,18,21,22). The summed E-state index contributed by atoms with van der Waals surface area (Å²) in [4.78, 5) is 16.5. The van der Waals surface area contributed by atoms with Crippen molar-refractivity contribution in [1.29, 1.82) is 0 Å². The van der Waals surface area contributed by atoms with Gasteiger partial charge in [0.05, 0.1) is 10.8 Å². The van der Waals surface area contributed by atoms with Crippen LogP contribution in [0.1, 0.15) is 11.5 Å². The van der Waals surface area contributed by atoms with Gasteiger partial charge in [-0.25, -0.2) is 13.6 Å². The summed E-state index contributed by atoms with van der Waals surface area (Å²) < 4.78 is 22.6. The largest absolute Gasteiger partial charge is 0.394 e. The second-order valence-corrected chi connectivity index (χ2v) is 6.95. The van der Waals surface area contributed by atoms with E-state index in [1.165, 1.54) is 12.1 Å². The van der Waals surface area contributed by atoms with E-state index in [0.717, 1.165) is 16.7 Å². The molecule has 0 aromatic heterocycles. The molecule has 1 atom stereocenters. The number of rotatable bonds is 4. The lowest BCUT2D eigenvalue weighted by molar-refractivity contribution is -0.112. The van der Waals surface area contributed by atoms with Gasteiger partial charge in [0.25, 0.3) is 5.91 Å². The van der Waals surface area contributed by atoms with Crippen molar-refractivity contribution in [3.05, 3.63) is 54.1 Å². The molecule has 7 nitrogen and oxygen atoms in total. The van der Waals surface area contributed by atoms with Gasteiger partial charge in [-0.2, -0.15) is 0 Å². The number of primary amides is 1. The Hall–Kier alpha value is -2.71. The third-order valence-electron chi connectivity index (χ3n) is 3.79. The van der Waals surface area contributed by atoms with E-state index in [0.29, 0.717) is 0 Å². The number of carbonyl (C=O) groups excluding carboxylic acids is 1. The van der Waals surface area contributed by atoms with Crippen LogP contribution in [-0.4, -0.2) is 26.6 Å². The Morgan fingerprint density at radius 1 is 1.12 bits per heavy atom. The molecule has 0 fully saturated rings. The molecule has 0 saturated heterocycles. The molecule has 2 aromatic rings. The Morgan fingerprint density at radius 2 is 1.83 bits per heavy atom. The van der Waals surface area contributed by atoms with Gasteiger partial charge < -0.3 is 10.6 Å². The van der Waals surface area contributed by atoms with Crippen LogP contribution in [0.15, 0.2) is 58.6 Å². The lowest BCUT2D eigenvalue weighted by atomic mass is 9.92. The molecular weight excluding hydrogens is 330 g/mol. The molecule has 1 heterocycles. The molecule has 0 bridgehead atoms. The minimum Gasteiger partial charge on any atom is -0.394 e. The molecule has 8 heteroatoms. The number of hydrogen-bond acceptors (Lipinski definition) is 5. The highest BCUT2D eigenvalue weighted by Crippen LogP contribution is 2.28. The predicted octanol–water partition coefficient (Wildman–Crippen LogP) is 0.956. The normalized spacial score (nSPS) is 17.2. The minimum absolute atomic E-state index is 0.0507. The Kier molecular flexibility index (Phi) is 4.08. The van der Waals surface area contributed by atoms with Crippen LogP contribution in [0.5, 0.6) is 0 Å². The smallest absolute Gasteiger partial charge is 0.267 e. The highest BCUT2D eigenvalue weighted by atomic mass is 32.2. The number of oxime groups is 1. The lowest BCUT2D eigenvalue weighted by Gasteiger charge is -2.11. The van der Waals surface area contributed by atoms with Crippen LogP contribution in [0.25, 0.3) is 11.1 Å². The maximum Gasteiger partial charge on any atom is 0.267 e. The SMILES string of the molecule is NC(=O)C1=NOCC1c1cccc(-c2ccc(S(N)(=O)=O)cc2)c1. The predicted molar refractivity (Wildman–Crippen MR) is 88.6 cm³/mol. The fraction of sp³-hybridized carbons (Fsp3) is 0.125. The molecule has 0 radical (unpaired) electrons. The molecule has 0 spiro atoms. The van der Waals surface area contributed by atoms with Gasteiger partial charge in [0, 0.05) is 0 Å². The summed E-state index contributed by atoms with van der Waals surface area (Å²) in [6.45, 7) is 0.256. The van der Waals surface area contributed by atoms with Gasteiger partial charge in [-0.05, 0) is 28.8 Å². The molecule has 4 N–H and O–H groups in total. The zero-order chi connectivity index (χ0) is 17.3. The van der Waals surface area contributed by atoms with Crippen molar-refractivity contribution in [2.45, 2.75) is 10.8 Å². The van der Waals surface area contributed by atoms with Crippen molar-refractivity contribution in [2.24, 2.45) is 16.0 Å². The first-order valence-corrected chi connectivity index (χ1v) is 8.64. The summed E-state index contributed by atoms with van der Waals surface area (Å²) in [6.07, 6.45) is 0. The molecule has 2 aromatic carbocycles. The van der Waals surface area contributed by atoms with Gasteiger partial charge in [0.1, 0.15) is 6.61 Å². The van der Waals surface area contributed by atoms with Crippen LogP contribution in [0, 0.1) is 0 Å². The van der Waals surface area contributed by atoms with Gasteiger partial charge in [-0.3, -0.25) is 4.79 Å². The van der Waals surface area contributed by atoms with E-state index < -0.39 is 15.9 Å². The van der Waals surface area contributed by atoms with Crippen LogP contribution in [0.3, 0.4) is 0 Å². The Morgan fingerprint density at radius 3 is 2.46 bits per heavy atom. The van der Waals surface area contributed by atoms with Crippen molar-refractivity contribution in [1.82, 2.24) is 0 Å². The zero-order valence-corrected chi connectivity index (χ0v) is 13.4. The van der Waals surface area contributed by atoms with E-state index in [9.17, 15) is 13.2 Å². The third kappa shape index (κ3) is 3.15. The first-order valence-electron chi connectivity index (χ1n) is 7.09. The van der Waals surface area contributed by atoms with Crippen molar-refractivity contribution in [2.75, 3.05) is 6.61 Å². The molecule has 1 aliphatic heterocycles. The van der Waals surface area contributed by atoms with E-state index in [1.807, 2.05) is 24.3 Å². The van der Waals surface area contributed by atoms with Gasteiger partial charge >= 0.3 is 0 Å². The Balaban J connectivity index is 1.94. The van der Waals surface area contributed by atoms with Crippen LogP contribution in [-0.2, 0) is 19.7 Å². The number of amides is 1. The maximum atomic E-state index is 11.4. The maximum absolute atomic E-state index is 11.4. The van der Waals surface area contributed by atoms with E-state index in [1.54, 1.807) is 12.1 Å². The number of benzene rings is 2. The highest BCUT2D eigenvalue weighted by Gasteiger charge is 2.29. The van der Waals surface area contributed by atoms with Crippen molar-refractivity contribution in [3.63, 3.8) is 0 Å². The monoisotopic (exact) mass is 345 g/mol. The summed E-state index contributed by atoms with van der Waals surface area (Å²) in [7, 11) is -3.72. The topological polar surface area (TPSA) is 125 Å². The summed E-state index contributed by atoms with van der Waals surface area (Å²) >= 11 is 0. The first-order chi connectivity index (χ1) is 11.4. The number of sulfonamides is 1. The molecule has 1 amide bonds. The van der Waals surface area contributed by atoms with Gasteiger partial charge in [-0.15, -0.1) is 0 Å². The highest BCUT2D eigenvalue weighted by molar-refractivity contribution is 7.89. The number of nitrogens with two attached hydrogens (primary N) is 2. The second kappa shape index (κ2) is 6.06. The number of carbonyl (C=O) groups is 1. The molecule has 0 saturated carbocycles. The Bertz CT molecular complexity index is 921. The molecule has 1 unspecified atom stereocenters. The molecule has 124 valence electrons. The van der Waals surface area contributed by atoms with Crippen LogP contribution in [0.2, 0.25) is 0 Å². The molecular formula is C16H15N3O4S. The number of hydrogen-bond donors (Lipinski definition) is 2. The molecule has 1 aliphatic rings. The fourth-order valence-electron chi connectivity index (χ4n) is 2.57. The van der Waals surface area contributed by atoms with Crippen molar-refractivity contribution < 1.29 is 18.0 Å². The first kappa shape index (κ1) is 16.2. The van der Waals surface area contributed by atoms with Gasteiger partial charge in [-0.1, -0.05) is 41.6 Å². The summed E-state index contributed by atoms with van der Waals surface area (Å²) in [5, 5.41) is 8.79. The zero-order valence-electron chi connectivity index (χ0n) is 12.5. The van der Waals surface area contributed by atoms with Crippen LogP contribution >= 0.6 is 0 Å². The van der Waals surface area contributed by atoms with Crippen molar-refractivity contribution >= 4 is 21.6 Å². The molecule has 3 rings (SSSR count). The number of nitrogens with zero attached hydrogens (tertiary/aromatic N) is 1. The quantitative estimate of drug-likeness (QED) is 0.856. The lowest BCUT2D eigenvalue weighted by Crippen LogP contribution is -2.27. The Labute approximate surface area is 139 Å². The fourth-order valence-corrected chi connectivity index (χ4v) is 3.08. The van der Waals surface area contributed by atoms with Crippen molar-refractivity contribution in [3.8, 4) is 11.1 Å². The third-order valence-corrected chi connectivity index (χ3v) is 4.72. The van der Waals surface area contributed by atoms with Crippen LogP contribution < -0.4 is 10.9 Å². The van der Waals surface area contributed by atoms with E-state index in [2.05, 4.69) is 5.16 Å². The second-order valence-electron chi connectivity index (χ2n) is 5.38. The summed E-state index contributed by atoms with van der Waals surface area (Å²) in [6, 6.07) is 13.7.